The number of hydrogen-bond donors (Lipinski definition) is 1. The molecule has 0 aromatic carbocycles. The van der Waals surface area contributed by atoms with Crippen LogP contribution < -0.4 is 5.32 Å². The topological polar surface area (TPSA) is 84.4 Å². The van der Waals surface area contributed by atoms with E-state index in [0.717, 1.165) is 31.7 Å². The van der Waals surface area contributed by atoms with Gasteiger partial charge >= 0.3 is 0 Å². The molecule has 7 nitrogen and oxygen atoms in total. The standard InChI is InChI=1S/C17H24N4O3/c1-10-9-15(12(3)23-10)16(22)18-14-5-7-21(8-6-14)11(2)17-20-19-13(4)24-17/h9,11,14H,5-8H2,1-4H3,(H,18,22)/t11-/m1/s1. The molecule has 1 atom stereocenters. The summed E-state index contributed by atoms with van der Waals surface area (Å²) < 4.78 is 11.0. The van der Waals surface area contributed by atoms with Crippen molar-refractivity contribution in [3.8, 4) is 0 Å². The molecule has 0 unspecified atom stereocenters. The second kappa shape index (κ2) is 6.76. The fourth-order valence-corrected chi connectivity index (χ4v) is 3.19. The highest BCUT2D eigenvalue weighted by Crippen LogP contribution is 2.23. The lowest BCUT2D eigenvalue weighted by Gasteiger charge is -2.34. The van der Waals surface area contributed by atoms with Crippen molar-refractivity contribution in [3.05, 3.63) is 34.9 Å². The van der Waals surface area contributed by atoms with Crippen LogP contribution in [0, 0.1) is 20.8 Å². The first kappa shape index (κ1) is 16.7. The fourth-order valence-electron chi connectivity index (χ4n) is 3.19. The molecule has 0 radical (unpaired) electrons. The SMILES string of the molecule is Cc1cc(C(=O)NC2CCN([C@H](C)c3nnc(C)o3)CC2)c(C)o1. The Bertz CT molecular complexity index is 713. The van der Waals surface area contributed by atoms with E-state index in [0.29, 0.717) is 23.1 Å². The number of piperidine rings is 1. The lowest BCUT2D eigenvalue weighted by Crippen LogP contribution is -2.45. The summed E-state index contributed by atoms with van der Waals surface area (Å²) in [7, 11) is 0. The summed E-state index contributed by atoms with van der Waals surface area (Å²) in [5.41, 5.74) is 0.629. The number of likely N-dealkylation sites (tertiary alicyclic amines) is 1. The minimum absolute atomic E-state index is 0.0524. The molecule has 2 aromatic rings. The van der Waals surface area contributed by atoms with Crippen LogP contribution in [-0.4, -0.2) is 40.1 Å². The van der Waals surface area contributed by atoms with Gasteiger partial charge in [0.05, 0.1) is 11.6 Å². The van der Waals surface area contributed by atoms with E-state index in [4.69, 9.17) is 8.83 Å². The Labute approximate surface area is 141 Å². The highest BCUT2D eigenvalue weighted by atomic mass is 16.4. The molecular weight excluding hydrogens is 308 g/mol. The number of aromatic nitrogens is 2. The van der Waals surface area contributed by atoms with E-state index >= 15 is 0 Å². The largest absolute Gasteiger partial charge is 0.466 e. The van der Waals surface area contributed by atoms with Crippen LogP contribution in [0.25, 0.3) is 0 Å². The molecule has 1 amide bonds. The van der Waals surface area contributed by atoms with Crippen molar-refractivity contribution in [1.29, 1.82) is 0 Å². The van der Waals surface area contributed by atoms with Gasteiger partial charge in [-0.15, -0.1) is 10.2 Å². The zero-order chi connectivity index (χ0) is 17.3. The van der Waals surface area contributed by atoms with Crippen molar-refractivity contribution < 1.29 is 13.6 Å². The summed E-state index contributed by atoms with van der Waals surface area (Å²) in [6.07, 6.45) is 1.80. The third kappa shape index (κ3) is 3.51. The van der Waals surface area contributed by atoms with Crippen molar-refractivity contribution in [3.63, 3.8) is 0 Å². The molecule has 1 aliphatic rings. The van der Waals surface area contributed by atoms with Crippen LogP contribution in [0.4, 0.5) is 0 Å². The van der Waals surface area contributed by atoms with E-state index in [1.165, 1.54) is 0 Å². The van der Waals surface area contributed by atoms with Gasteiger partial charge in [0.25, 0.3) is 5.91 Å². The van der Waals surface area contributed by atoms with Gasteiger partial charge in [0.2, 0.25) is 11.8 Å². The third-order valence-corrected chi connectivity index (χ3v) is 4.60. The number of aryl methyl sites for hydroxylation is 3. The van der Waals surface area contributed by atoms with Crippen LogP contribution in [0.5, 0.6) is 0 Å². The number of nitrogens with one attached hydrogen (secondary N) is 1. The highest BCUT2D eigenvalue weighted by Gasteiger charge is 2.27. The van der Waals surface area contributed by atoms with Gasteiger partial charge in [0.1, 0.15) is 11.5 Å². The predicted molar refractivity (Wildman–Crippen MR) is 87.7 cm³/mol. The van der Waals surface area contributed by atoms with E-state index < -0.39 is 0 Å². The first-order valence-corrected chi connectivity index (χ1v) is 8.36. The smallest absolute Gasteiger partial charge is 0.255 e. The molecule has 7 heteroatoms. The van der Waals surface area contributed by atoms with Gasteiger partial charge in [-0.25, -0.2) is 0 Å². The monoisotopic (exact) mass is 332 g/mol. The van der Waals surface area contributed by atoms with Crippen LogP contribution in [0.3, 0.4) is 0 Å². The van der Waals surface area contributed by atoms with Gasteiger partial charge in [0, 0.05) is 26.1 Å². The fraction of sp³-hybridized carbons (Fsp3) is 0.588. The third-order valence-electron chi connectivity index (χ3n) is 4.60. The minimum Gasteiger partial charge on any atom is -0.466 e. The van der Waals surface area contributed by atoms with Crippen LogP contribution >= 0.6 is 0 Å². The second-order valence-corrected chi connectivity index (χ2v) is 6.45. The molecule has 3 heterocycles. The lowest BCUT2D eigenvalue weighted by molar-refractivity contribution is 0.0883. The molecule has 0 spiro atoms. The molecule has 24 heavy (non-hydrogen) atoms. The summed E-state index contributed by atoms with van der Waals surface area (Å²) in [5, 5.41) is 11.1. The Kier molecular flexibility index (Phi) is 4.71. The van der Waals surface area contributed by atoms with E-state index in [-0.39, 0.29) is 18.0 Å². The van der Waals surface area contributed by atoms with Crippen LogP contribution in [0.2, 0.25) is 0 Å². The van der Waals surface area contributed by atoms with Crippen LogP contribution in [0.15, 0.2) is 14.9 Å². The first-order chi connectivity index (χ1) is 11.4. The van der Waals surface area contributed by atoms with Gasteiger partial charge in [-0.1, -0.05) is 0 Å². The summed E-state index contributed by atoms with van der Waals surface area (Å²) >= 11 is 0. The number of carbonyl (C=O) groups excluding carboxylic acids is 1. The zero-order valence-corrected chi connectivity index (χ0v) is 14.6. The molecule has 1 fully saturated rings. The average Bonchev–Trinajstić information content (AvgIpc) is 3.12. The predicted octanol–water partition coefficient (Wildman–Crippen LogP) is 2.54. The van der Waals surface area contributed by atoms with E-state index in [9.17, 15) is 4.79 Å². The summed E-state index contributed by atoms with van der Waals surface area (Å²) in [5.74, 6) is 2.62. The Hall–Kier alpha value is -2.15. The van der Waals surface area contributed by atoms with Gasteiger partial charge in [-0.05, 0) is 39.7 Å². The van der Waals surface area contributed by atoms with Gasteiger partial charge < -0.3 is 14.2 Å². The zero-order valence-electron chi connectivity index (χ0n) is 14.6. The first-order valence-electron chi connectivity index (χ1n) is 8.36. The summed E-state index contributed by atoms with van der Waals surface area (Å²) in [6.45, 7) is 9.31. The van der Waals surface area contributed by atoms with Crippen molar-refractivity contribution >= 4 is 5.91 Å². The Balaban J connectivity index is 1.53. The van der Waals surface area contributed by atoms with E-state index in [2.05, 4.69) is 27.3 Å². The van der Waals surface area contributed by atoms with Crippen LogP contribution in [0.1, 0.15) is 59.5 Å². The molecule has 130 valence electrons. The van der Waals surface area contributed by atoms with Crippen molar-refractivity contribution in [2.75, 3.05) is 13.1 Å². The quantitative estimate of drug-likeness (QED) is 0.926. The van der Waals surface area contributed by atoms with Gasteiger partial charge in [-0.2, -0.15) is 0 Å². The molecule has 1 N–H and O–H groups in total. The molecule has 0 bridgehead atoms. The maximum atomic E-state index is 12.4. The second-order valence-electron chi connectivity index (χ2n) is 6.45. The number of furan rings is 1. The summed E-state index contributed by atoms with van der Waals surface area (Å²) in [4.78, 5) is 14.7. The molecule has 3 rings (SSSR count). The Morgan fingerprint density at radius 2 is 1.96 bits per heavy atom. The number of rotatable bonds is 4. The number of carbonyl (C=O) groups is 1. The lowest BCUT2D eigenvalue weighted by atomic mass is 10.0. The normalized spacial score (nSPS) is 17.8. The van der Waals surface area contributed by atoms with Crippen molar-refractivity contribution in [1.82, 2.24) is 20.4 Å². The summed E-state index contributed by atoms with van der Waals surface area (Å²) in [6, 6.07) is 2.07. The maximum absolute atomic E-state index is 12.4. The van der Waals surface area contributed by atoms with Crippen molar-refractivity contribution in [2.45, 2.75) is 52.6 Å². The number of amides is 1. The van der Waals surface area contributed by atoms with E-state index in [1.807, 2.05) is 13.8 Å². The van der Waals surface area contributed by atoms with Gasteiger partial charge in [0.15, 0.2) is 0 Å². The minimum atomic E-state index is -0.0524. The highest BCUT2D eigenvalue weighted by molar-refractivity contribution is 5.95. The Morgan fingerprint density at radius 1 is 1.25 bits per heavy atom. The molecule has 1 aliphatic heterocycles. The van der Waals surface area contributed by atoms with Gasteiger partial charge in [-0.3, -0.25) is 9.69 Å². The molecule has 0 saturated carbocycles. The molecule has 1 saturated heterocycles. The van der Waals surface area contributed by atoms with Crippen LogP contribution in [-0.2, 0) is 0 Å². The number of nitrogens with zero attached hydrogens (tertiary/aromatic N) is 3. The molecule has 2 aromatic heterocycles. The maximum Gasteiger partial charge on any atom is 0.255 e. The number of hydrogen-bond acceptors (Lipinski definition) is 6. The van der Waals surface area contributed by atoms with Crippen molar-refractivity contribution in [2.24, 2.45) is 0 Å². The molecule has 0 aliphatic carbocycles. The Morgan fingerprint density at radius 3 is 2.50 bits per heavy atom. The molecular formula is C17H24N4O3. The average molecular weight is 332 g/mol. The van der Waals surface area contributed by atoms with E-state index in [1.54, 1.807) is 13.0 Å².